The predicted octanol–water partition coefficient (Wildman–Crippen LogP) is 4.24. The second kappa shape index (κ2) is 5.65. The molecule has 0 radical (unpaired) electrons. The maximum Gasteiger partial charge on any atom is 0.313 e. The quantitative estimate of drug-likeness (QED) is 0.822. The van der Waals surface area contributed by atoms with Gasteiger partial charge in [-0.1, -0.05) is 37.5 Å². The van der Waals surface area contributed by atoms with Crippen LogP contribution in [0, 0.1) is 5.82 Å². The van der Waals surface area contributed by atoms with Crippen LogP contribution < -0.4 is 4.90 Å². The first-order chi connectivity index (χ1) is 13.0. The lowest BCUT2D eigenvalue weighted by Gasteiger charge is -2.46. The highest BCUT2D eigenvalue weighted by molar-refractivity contribution is 6.12. The number of amides is 1. The van der Waals surface area contributed by atoms with E-state index >= 15 is 0 Å². The third-order valence-corrected chi connectivity index (χ3v) is 6.67. The van der Waals surface area contributed by atoms with Crippen molar-refractivity contribution in [2.24, 2.45) is 0 Å². The van der Waals surface area contributed by atoms with Gasteiger partial charge in [0, 0.05) is 16.7 Å². The highest BCUT2D eigenvalue weighted by atomic mass is 19.1. The monoisotopic (exact) mass is 365 g/mol. The minimum absolute atomic E-state index is 0.177. The Balaban J connectivity index is 1.81. The van der Waals surface area contributed by atoms with Crippen molar-refractivity contribution in [1.29, 1.82) is 0 Å². The molecular formula is C22H20FNO3. The molecule has 1 amide bonds. The molecule has 2 heterocycles. The van der Waals surface area contributed by atoms with Crippen molar-refractivity contribution in [1.82, 2.24) is 0 Å². The summed E-state index contributed by atoms with van der Waals surface area (Å²) in [7, 11) is 0. The lowest BCUT2D eigenvalue weighted by molar-refractivity contribution is -0.140. The minimum atomic E-state index is -0.928. The number of carbonyl (C=O) groups excluding carboxylic acids is 1. The number of carbonyl (C=O) groups is 2. The number of nitrogens with zero attached hydrogens (tertiary/aromatic N) is 1. The fourth-order valence-corrected chi connectivity index (χ4v) is 5.66. The lowest BCUT2D eigenvalue weighted by atomic mass is 9.62. The Morgan fingerprint density at radius 3 is 2.59 bits per heavy atom. The van der Waals surface area contributed by atoms with E-state index in [-0.39, 0.29) is 11.7 Å². The van der Waals surface area contributed by atoms with Crippen molar-refractivity contribution in [2.45, 2.75) is 49.5 Å². The number of rotatable bonds is 1. The Kier molecular flexibility index (Phi) is 3.45. The van der Waals surface area contributed by atoms with Crippen LogP contribution in [0.1, 0.15) is 59.5 Å². The molecule has 1 spiro atoms. The molecule has 0 bridgehead atoms. The topological polar surface area (TPSA) is 57.6 Å². The lowest BCUT2D eigenvalue weighted by Crippen LogP contribution is -2.56. The highest BCUT2D eigenvalue weighted by Crippen LogP contribution is 2.58. The van der Waals surface area contributed by atoms with Crippen LogP contribution in [0.3, 0.4) is 0 Å². The Morgan fingerprint density at radius 2 is 1.85 bits per heavy atom. The summed E-state index contributed by atoms with van der Waals surface area (Å²) in [4.78, 5) is 27.4. The largest absolute Gasteiger partial charge is 0.481 e. The van der Waals surface area contributed by atoms with Crippen molar-refractivity contribution < 1.29 is 19.1 Å². The van der Waals surface area contributed by atoms with Gasteiger partial charge >= 0.3 is 5.97 Å². The summed E-state index contributed by atoms with van der Waals surface area (Å²) in [6, 6.07) is 11.0. The van der Waals surface area contributed by atoms with Crippen molar-refractivity contribution in [2.75, 3.05) is 4.90 Å². The Hall–Kier alpha value is -2.69. The van der Waals surface area contributed by atoms with Crippen LogP contribution in [0.2, 0.25) is 0 Å². The van der Waals surface area contributed by atoms with Crippen LogP contribution in [-0.4, -0.2) is 23.0 Å². The molecule has 138 valence electrons. The van der Waals surface area contributed by atoms with Gasteiger partial charge in [0.15, 0.2) is 0 Å². The third kappa shape index (κ3) is 2.08. The molecule has 2 aromatic carbocycles. The summed E-state index contributed by atoms with van der Waals surface area (Å²) in [5.74, 6) is -2.26. The molecule has 0 saturated heterocycles. The number of hydrogen-bond donors (Lipinski definition) is 1. The van der Waals surface area contributed by atoms with Gasteiger partial charge in [-0.2, -0.15) is 0 Å². The fourth-order valence-electron chi connectivity index (χ4n) is 5.66. The molecule has 1 fully saturated rings. The summed E-state index contributed by atoms with van der Waals surface area (Å²) in [6.07, 6.45) is 4.57. The summed E-state index contributed by atoms with van der Waals surface area (Å²) in [5, 5.41) is 10.2. The molecule has 4 nitrogen and oxygen atoms in total. The van der Waals surface area contributed by atoms with Crippen LogP contribution in [0.4, 0.5) is 10.1 Å². The smallest absolute Gasteiger partial charge is 0.313 e. The van der Waals surface area contributed by atoms with E-state index in [1.54, 1.807) is 35.2 Å². The third-order valence-electron chi connectivity index (χ3n) is 6.67. The zero-order valence-electron chi connectivity index (χ0n) is 14.8. The van der Waals surface area contributed by atoms with Gasteiger partial charge in [-0.05, 0) is 48.2 Å². The van der Waals surface area contributed by atoms with Crippen molar-refractivity contribution in [3.63, 3.8) is 0 Å². The average molecular weight is 365 g/mol. The molecule has 2 aliphatic heterocycles. The van der Waals surface area contributed by atoms with Crippen LogP contribution in [0.25, 0.3) is 0 Å². The normalized spacial score (nSPS) is 25.1. The van der Waals surface area contributed by atoms with Crippen LogP contribution in [-0.2, 0) is 10.2 Å². The molecule has 3 aliphatic rings. The predicted molar refractivity (Wildman–Crippen MR) is 98.6 cm³/mol. The fraction of sp³-hybridized carbons (Fsp3) is 0.364. The molecule has 2 atom stereocenters. The van der Waals surface area contributed by atoms with E-state index in [1.165, 1.54) is 12.1 Å². The number of anilines is 1. The van der Waals surface area contributed by atoms with E-state index in [2.05, 4.69) is 0 Å². The number of fused-ring (bicyclic) bond motifs is 6. The summed E-state index contributed by atoms with van der Waals surface area (Å²) in [5.41, 5.74) is 1.99. The molecular weight excluding hydrogens is 345 g/mol. The Labute approximate surface area is 156 Å². The van der Waals surface area contributed by atoms with Gasteiger partial charge in [-0.15, -0.1) is 0 Å². The van der Waals surface area contributed by atoms with Gasteiger partial charge < -0.3 is 10.0 Å². The maximum absolute atomic E-state index is 14.2. The molecule has 5 rings (SSSR count). The van der Waals surface area contributed by atoms with Crippen molar-refractivity contribution in [3.05, 3.63) is 65.0 Å². The number of halogens is 1. The van der Waals surface area contributed by atoms with Gasteiger partial charge in [0.25, 0.3) is 5.91 Å². The first-order valence-corrected chi connectivity index (χ1v) is 9.50. The molecule has 1 aliphatic carbocycles. The summed E-state index contributed by atoms with van der Waals surface area (Å²) in [6.45, 7) is 0. The maximum atomic E-state index is 14.2. The number of benzene rings is 2. The molecule has 2 aromatic rings. The van der Waals surface area contributed by atoms with Gasteiger partial charge in [-0.25, -0.2) is 4.39 Å². The van der Waals surface area contributed by atoms with Crippen molar-refractivity contribution >= 4 is 17.6 Å². The average Bonchev–Trinajstić information content (AvgIpc) is 2.93. The molecule has 5 heteroatoms. The van der Waals surface area contributed by atoms with Crippen molar-refractivity contribution in [3.8, 4) is 0 Å². The van der Waals surface area contributed by atoms with Gasteiger partial charge in [-0.3, -0.25) is 9.59 Å². The molecule has 27 heavy (non-hydrogen) atoms. The number of carboxylic acids is 1. The number of hydrogen-bond acceptors (Lipinski definition) is 2. The molecule has 0 unspecified atom stereocenters. The van der Waals surface area contributed by atoms with Crippen LogP contribution >= 0.6 is 0 Å². The molecule has 1 N–H and O–H groups in total. The standard InChI is InChI=1S/C22H20FNO3/c23-13-8-9-17-16(12-13)22(10-4-1-5-11-22)19-18(21(26)27)14-6-2-3-7-15(14)20(25)24(17)19/h2-3,6-9,12,18-19H,1,4-5,10-11H2,(H,26,27)/t18-,19-/m0/s1. The summed E-state index contributed by atoms with van der Waals surface area (Å²) < 4.78 is 14.2. The first-order valence-electron chi connectivity index (χ1n) is 9.50. The van der Waals surface area contributed by atoms with Crippen LogP contribution in [0.5, 0.6) is 0 Å². The van der Waals surface area contributed by atoms with Gasteiger partial charge in [0.05, 0.1) is 6.04 Å². The Bertz CT molecular complexity index is 964. The van der Waals surface area contributed by atoms with E-state index in [1.807, 2.05) is 0 Å². The van der Waals surface area contributed by atoms with Gasteiger partial charge in [0.2, 0.25) is 0 Å². The number of aliphatic carboxylic acids is 1. The second-order valence-corrected chi connectivity index (χ2v) is 7.90. The summed E-state index contributed by atoms with van der Waals surface area (Å²) >= 11 is 0. The number of carboxylic acid groups (broad SMARTS) is 1. The van der Waals surface area contributed by atoms with Gasteiger partial charge in [0.1, 0.15) is 11.7 Å². The highest BCUT2D eigenvalue weighted by Gasteiger charge is 2.60. The zero-order chi connectivity index (χ0) is 18.8. The first kappa shape index (κ1) is 16.5. The van der Waals surface area contributed by atoms with E-state index in [0.717, 1.165) is 37.7 Å². The van der Waals surface area contributed by atoms with E-state index < -0.39 is 23.3 Å². The zero-order valence-corrected chi connectivity index (χ0v) is 14.8. The van der Waals surface area contributed by atoms with E-state index in [4.69, 9.17) is 0 Å². The minimum Gasteiger partial charge on any atom is -0.481 e. The Morgan fingerprint density at radius 1 is 1.11 bits per heavy atom. The molecule has 1 saturated carbocycles. The SMILES string of the molecule is O=C(O)[C@H]1c2ccccc2C(=O)N2c3ccc(F)cc3C3(CCCCC3)[C@H]12. The van der Waals surface area contributed by atoms with E-state index in [0.29, 0.717) is 16.8 Å². The molecule has 0 aromatic heterocycles. The van der Waals surface area contributed by atoms with E-state index in [9.17, 15) is 19.1 Å². The van der Waals surface area contributed by atoms with Crippen LogP contribution in [0.15, 0.2) is 42.5 Å². The second-order valence-electron chi connectivity index (χ2n) is 7.90.